The van der Waals surface area contributed by atoms with Crippen LogP contribution in [0.15, 0.2) is 176 Å². The van der Waals surface area contributed by atoms with Crippen molar-refractivity contribution in [3.05, 3.63) is 176 Å². The zero-order valence-electron chi connectivity index (χ0n) is 26.1. The molecule has 0 aliphatic rings. The molecule has 9 rings (SSSR count). The van der Waals surface area contributed by atoms with E-state index in [-0.39, 0.29) is 0 Å². The van der Waals surface area contributed by atoms with Crippen LogP contribution >= 0.6 is 0 Å². The van der Waals surface area contributed by atoms with Gasteiger partial charge in [-0.05, 0) is 84.9 Å². The molecule has 0 unspecified atom stereocenters. The highest BCUT2D eigenvalue weighted by molar-refractivity contribution is 6.23. The van der Waals surface area contributed by atoms with Crippen molar-refractivity contribution in [1.82, 2.24) is 15.0 Å². The van der Waals surface area contributed by atoms with E-state index in [9.17, 15) is 0 Å². The molecule has 9 aromatic rings. The number of fused-ring (bicyclic) bond motifs is 5. The first-order valence-electron chi connectivity index (χ1n) is 16.2. The molecule has 2 aromatic heterocycles. The molecule has 0 saturated carbocycles. The van der Waals surface area contributed by atoms with Crippen LogP contribution in [0, 0.1) is 0 Å². The third kappa shape index (κ3) is 4.99. The third-order valence-electron chi connectivity index (χ3n) is 9.17. The second kappa shape index (κ2) is 11.7. The highest BCUT2D eigenvalue weighted by Gasteiger charge is 2.14. The van der Waals surface area contributed by atoms with Crippen molar-refractivity contribution >= 4 is 32.3 Å². The summed E-state index contributed by atoms with van der Waals surface area (Å²) in [4.78, 5) is 14.4. The van der Waals surface area contributed by atoms with Gasteiger partial charge in [0.15, 0.2) is 5.82 Å². The van der Waals surface area contributed by atoms with Gasteiger partial charge in [0.2, 0.25) is 0 Å². The van der Waals surface area contributed by atoms with Gasteiger partial charge in [0.05, 0.1) is 11.4 Å². The minimum Gasteiger partial charge on any atom is -0.265 e. The Morgan fingerprint density at radius 2 is 0.958 bits per heavy atom. The Morgan fingerprint density at radius 3 is 1.77 bits per heavy atom. The van der Waals surface area contributed by atoms with Crippen LogP contribution < -0.4 is 0 Å². The summed E-state index contributed by atoms with van der Waals surface area (Å²) in [5.41, 5.74) is 9.46. The molecule has 2 heterocycles. The molecular formula is C45H29N3. The highest BCUT2D eigenvalue weighted by atomic mass is 14.9. The minimum absolute atomic E-state index is 0.696. The van der Waals surface area contributed by atoms with E-state index in [1.807, 2.05) is 42.7 Å². The quantitative estimate of drug-likeness (QED) is 0.182. The molecule has 0 atom stereocenters. The number of nitrogens with zero attached hydrogens (tertiary/aromatic N) is 3. The van der Waals surface area contributed by atoms with Gasteiger partial charge in [0.25, 0.3) is 0 Å². The molecule has 3 nitrogen and oxygen atoms in total. The van der Waals surface area contributed by atoms with Crippen LogP contribution in [-0.4, -0.2) is 15.0 Å². The van der Waals surface area contributed by atoms with E-state index >= 15 is 0 Å². The summed E-state index contributed by atoms with van der Waals surface area (Å²) in [7, 11) is 0. The molecule has 0 aliphatic carbocycles. The molecule has 224 valence electrons. The van der Waals surface area contributed by atoms with Gasteiger partial charge >= 0.3 is 0 Å². The molecule has 0 amide bonds. The van der Waals surface area contributed by atoms with Gasteiger partial charge < -0.3 is 0 Å². The van der Waals surface area contributed by atoms with Gasteiger partial charge in [-0.1, -0.05) is 133 Å². The van der Waals surface area contributed by atoms with Crippen molar-refractivity contribution in [1.29, 1.82) is 0 Å². The Bertz CT molecular complexity index is 2590. The maximum absolute atomic E-state index is 5.13. The first-order valence-corrected chi connectivity index (χ1v) is 16.2. The van der Waals surface area contributed by atoms with Crippen molar-refractivity contribution in [3.63, 3.8) is 0 Å². The predicted molar refractivity (Wildman–Crippen MR) is 200 cm³/mol. The minimum atomic E-state index is 0.696. The summed E-state index contributed by atoms with van der Waals surface area (Å²) in [6.07, 6.45) is 3.65. The normalized spacial score (nSPS) is 11.3. The molecule has 0 saturated heterocycles. The fourth-order valence-corrected chi connectivity index (χ4v) is 6.80. The second-order valence-corrected chi connectivity index (χ2v) is 12.1. The Labute approximate surface area is 278 Å². The Morgan fingerprint density at radius 1 is 0.333 bits per heavy atom. The van der Waals surface area contributed by atoms with Crippen molar-refractivity contribution in [2.75, 3.05) is 0 Å². The number of aromatic nitrogens is 3. The summed E-state index contributed by atoms with van der Waals surface area (Å²) >= 11 is 0. The van der Waals surface area contributed by atoms with Crippen molar-refractivity contribution < 1.29 is 0 Å². The summed E-state index contributed by atoms with van der Waals surface area (Å²) in [6, 6.07) is 57.9. The van der Waals surface area contributed by atoms with Crippen molar-refractivity contribution in [3.8, 4) is 56.2 Å². The van der Waals surface area contributed by atoms with Crippen LogP contribution in [0.1, 0.15) is 0 Å². The van der Waals surface area contributed by atoms with E-state index in [1.54, 1.807) is 0 Å². The van der Waals surface area contributed by atoms with E-state index in [1.165, 1.54) is 37.9 Å². The van der Waals surface area contributed by atoms with E-state index in [4.69, 9.17) is 9.97 Å². The fourth-order valence-electron chi connectivity index (χ4n) is 6.80. The van der Waals surface area contributed by atoms with E-state index < -0.39 is 0 Å². The van der Waals surface area contributed by atoms with Crippen LogP contribution in [0.5, 0.6) is 0 Å². The molecule has 0 spiro atoms. The lowest BCUT2D eigenvalue weighted by atomic mass is 9.90. The first-order chi connectivity index (χ1) is 23.8. The van der Waals surface area contributed by atoms with Crippen LogP contribution in [0.25, 0.3) is 88.5 Å². The number of benzene rings is 7. The molecule has 0 radical (unpaired) electrons. The molecule has 3 heteroatoms. The number of hydrogen-bond donors (Lipinski definition) is 0. The summed E-state index contributed by atoms with van der Waals surface area (Å²) in [5.74, 6) is 0.696. The van der Waals surface area contributed by atoms with Gasteiger partial charge in [-0.3, -0.25) is 4.98 Å². The van der Waals surface area contributed by atoms with Crippen LogP contribution in [-0.2, 0) is 0 Å². The predicted octanol–water partition coefficient (Wildman–Crippen LogP) is 11.7. The van der Waals surface area contributed by atoms with Gasteiger partial charge in [0, 0.05) is 29.1 Å². The van der Waals surface area contributed by atoms with Crippen molar-refractivity contribution in [2.24, 2.45) is 0 Å². The standard InChI is InChI=1S/C45H29N3/c1-2-10-33(11-3-1)42-29-43(36-13-8-12-35(27-36)30-23-25-46-26-24-30)48-45(47-42)34-20-17-32(18-21-34)41-28-37-22-19-31-9-4-5-14-38(31)44(37)40-16-7-6-15-39(40)41/h1-29H. The lowest BCUT2D eigenvalue weighted by Crippen LogP contribution is -1.96. The maximum atomic E-state index is 5.13. The largest absolute Gasteiger partial charge is 0.265 e. The van der Waals surface area contributed by atoms with Gasteiger partial charge in [-0.25, -0.2) is 9.97 Å². The Kier molecular flexibility index (Phi) is 6.80. The molecule has 0 N–H and O–H groups in total. The van der Waals surface area contributed by atoms with Gasteiger partial charge in [0.1, 0.15) is 0 Å². The van der Waals surface area contributed by atoms with E-state index in [0.717, 1.165) is 44.8 Å². The summed E-state index contributed by atoms with van der Waals surface area (Å²) in [5, 5.41) is 7.59. The second-order valence-electron chi connectivity index (χ2n) is 12.1. The van der Waals surface area contributed by atoms with Gasteiger partial charge in [-0.2, -0.15) is 0 Å². The number of rotatable bonds is 5. The van der Waals surface area contributed by atoms with E-state index in [2.05, 4.69) is 138 Å². The third-order valence-corrected chi connectivity index (χ3v) is 9.17. The fraction of sp³-hybridized carbons (Fsp3) is 0. The molecule has 0 bridgehead atoms. The Hall–Kier alpha value is -6.45. The lowest BCUT2D eigenvalue weighted by molar-refractivity contribution is 1.18. The monoisotopic (exact) mass is 611 g/mol. The first kappa shape index (κ1) is 27.8. The average Bonchev–Trinajstić information content (AvgIpc) is 3.18. The maximum Gasteiger partial charge on any atom is 0.160 e. The zero-order valence-corrected chi connectivity index (χ0v) is 26.1. The molecule has 0 fully saturated rings. The molecule has 0 aliphatic heterocycles. The summed E-state index contributed by atoms with van der Waals surface area (Å²) < 4.78 is 0. The SMILES string of the molecule is c1ccc(-c2cc(-c3cccc(-c4ccncc4)c3)nc(-c3ccc(-c4cc5ccc6ccccc6c5c5ccccc45)cc3)n2)cc1. The summed E-state index contributed by atoms with van der Waals surface area (Å²) in [6.45, 7) is 0. The average molecular weight is 612 g/mol. The van der Waals surface area contributed by atoms with Crippen LogP contribution in [0.4, 0.5) is 0 Å². The number of hydrogen-bond acceptors (Lipinski definition) is 3. The zero-order chi connectivity index (χ0) is 31.9. The van der Waals surface area contributed by atoms with Crippen LogP contribution in [0.3, 0.4) is 0 Å². The molecule has 7 aromatic carbocycles. The van der Waals surface area contributed by atoms with Crippen LogP contribution in [0.2, 0.25) is 0 Å². The molecular weight excluding hydrogens is 583 g/mol. The van der Waals surface area contributed by atoms with Crippen molar-refractivity contribution in [2.45, 2.75) is 0 Å². The van der Waals surface area contributed by atoms with E-state index in [0.29, 0.717) is 5.82 Å². The topological polar surface area (TPSA) is 38.7 Å². The highest BCUT2D eigenvalue weighted by Crippen LogP contribution is 2.39. The lowest BCUT2D eigenvalue weighted by Gasteiger charge is -2.14. The Balaban J connectivity index is 1.16. The smallest absolute Gasteiger partial charge is 0.160 e. The molecule has 48 heavy (non-hydrogen) atoms. The number of pyridine rings is 1. The van der Waals surface area contributed by atoms with Gasteiger partial charge in [-0.15, -0.1) is 0 Å².